The zero-order valence-corrected chi connectivity index (χ0v) is 15.9. The maximum Gasteiger partial charge on any atom is 0.258 e. The van der Waals surface area contributed by atoms with Gasteiger partial charge in [0.2, 0.25) is 0 Å². The first-order valence-electron chi connectivity index (χ1n) is 8.71. The van der Waals surface area contributed by atoms with Crippen LogP contribution in [0.1, 0.15) is 49.4 Å². The molecule has 132 valence electrons. The SMILES string of the molecule is CCCCN(C(=O)c1ccc(Cl)cc1)C1=CC2CCC(C1)[NH+]2C.[Cl-]. The van der Waals surface area contributed by atoms with E-state index < -0.39 is 0 Å². The number of unbranched alkanes of at least 4 members (excludes halogenated alkanes) is 1. The molecule has 1 N–H and O–H groups in total. The highest BCUT2D eigenvalue weighted by Crippen LogP contribution is 2.26. The van der Waals surface area contributed by atoms with Crippen molar-refractivity contribution in [2.24, 2.45) is 0 Å². The standard InChI is InChI=1S/C19H25ClN2O.ClH/c1-3-4-11-22(19(23)14-5-7-15(20)8-6-14)18-12-16-9-10-17(13-18)21(16)2;/h5-8,12,16-17H,3-4,9-11,13H2,1-2H3;1H. The molecule has 3 rings (SSSR count). The molecule has 3 unspecified atom stereocenters. The van der Waals surface area contributed by atoms with E-state index in [0.29, 0.717) is 17.1 Å². The first kappa shape index (κ1) is 19.3. The minimum atomic E-state index is 0. The number of carbonyl (C=O) groups excluding carboxylic acids is 1. The van der Waals surface area contributed by atoms with Crippen LogP contribution in [-0.4, -0.2) is 36.5 Å². The van der Waals surface area contributed by atoms with Gasteiger partial charge in [0, 0.05) is 42.1 Å². The number of amides is 1. The monoisotopic (exact) mass is 368 g/mol. The van der Waals surface area contributed by atoms with Crippen LogP contribution in [0.2, 0.25) is 5.02 Å². The van der Waals surface area contributed by atoms with Gasteiger partial charge in [-0.1, -0.05) is 24.9 Å². The Morgan fingerprint density at radius 1 is 1.29 bits per heavy atom. The Morgan fingerprint density at radius 2 is 2.00 bits per heavy atom. The van der Waals surface area contributed by atoms with E-state index in [2.05, 4.69) is 20.0 Å². The summed E-state index contributed by atoms with van der Waals surface area (Å²) in [6.45, 7) is 2.98. The fourth-order valence-corrected chi connectivity index (χ4v) is 3.94. The van der Waals surface area contributed by atoms with Crippen molar-refractivity contribution < 1.29 is 22.1 Å². The number of carbonyl (C=O) groups is 1. The number of nitrogens with one attached hydrogen (secondary N) is 1. The van der Waals surface area contributed by atoms with Crippen LogP contribution in [0.3, 0.4) is 0 Å². The predicted octanol–water partition coefficient (Wildman–Crippen LogP) is -0.0804. The molecule has 1 aromatic carbocycles. The second-order valence-corrected chi connectivity index (χ2v) is 7.24. The van der Waals surface area contributed by atoms with E-state index in [-0.39, 0.29) is 18.3 Å². The third kappa shape index (κ3) is 3.96. The number of rotatable bonds is 5. The number of hydrogen-bond donors (Lipinski definition) is 1. The molecule has 0 radical (unpaired) electrons. The van der Waals surface area contributed by atoms with E-state index in [9.17, 15) is 4.79 Å². The van der Waals surface area contributed by atoms with Crippen LogP contribution in [0.4, 0.5) is 0 Å². The van der Waals surface area contributed by atoms with Crippen LogP contribution in [0.25, 0.3) is 0 Å². The average Bonchev–Trinajstić information content (AvgIpc) is 2.76. The first-order valence-corrected chi connectivity index (χ1v) is 9.09. The normalized spacial score (nSPS) is 25.0. The highest BCUT2D eigenvalue weighted by molar-refractivity contribution is 6.30. The van der Waals surface area contributed by atoms with Crippen molar-refractivity contribution in [2.45, 2.75) is 51.1 Å². The zero-order chi connectivity index (χ0) is 16.4. The summed E-state index contributed by atoms with van der Waals surface area (Å²) in [7, 11) is 2.28. The lowest BCUT2D eigenvalue weighted by molar-refractivity contribution is -0.912. The van der Waals surface area contributed by atoms with Crippen molar-refractivity contribution in [1.82, 2.24) is 4.90 Å². The molecular formula is C19H26Cl2N2O. The van der Waals surface area contributed by atoms with E-state index in [4.69, 9.17) is 11.6 Å². The maximum absolute atomic E-state index is 13.0. The summed E-state index contributed by atoms with van der Waals surface area (Å²) in [6, 6.07) is 8.50. The van der Waals surface area contributed by atoms with Gasteiger partial charge in [0.1, 0.15) is 6.04 Å². The van der Waals surface area contributed by atoms with E-state index in [0.717, 1.165) is 31.4 Å². The number of benzene rings is 1. The molecular weight excluding hydrogens is 343 g/mol. The smallest absolute Gasteiger partial charge is 0.258 e. The van der Waals surface area contributed by atoms with E-state index >= 15 is 0 Å². The molecule has 0 saturated carbocycles. The molecule has 5 heteroatoms. The van der Waals surface area contributed by atoms with E-state index in [1.54, 1.807) is 17.0 Å². The molecule has 3 nitrogen and oxygen atoms in total. The second kappa shape index (κ2) is 8.37. The Hall–Kier alpha value is -1.03. The minimum Gasteiger partial charge on any atom is -1.00 e. The molecule has 3 atom stereocenters. The van der Waals surface area contributed by atoms with Crippen LogP contribution >= 0.6 is 11.6 Å². The van der Waals surface area contributed by atoms with Crippen LogP contribution in [0, 0.1) is 0 Å². The minimum absolute atomic E-state index is 0. The van der Waals surface area contributed by atoms with Crippen molar-refractivity contribution in [3.8, 4) is 0 Å². The van der Waals surface area contributed by atoms with E-state index in [1.807, 2.05) is 17.0 Å². The molecule has 24 heavy (non-hydrogen) atoms. The Morgan fingerprint density at radius 3 is 2.62 bits per heavy atom. The fraction of sp³-hybridized carbons (Fsp3) is 0.526. The molecule has 0 aromatic heterocycles. The fourth-order valence-electron chi connectivity index (χ4n) is 3.81. The zero-order valence-electron chi connectivity index (χ0n) is 14.4. The summed E-state index contributed by atoms with van der Waals surface area (Å²) in [4.78, 5) is 16.6. The largest absolute Gasteiger partial charge is 1.00 e. The number of quaternary nitrogens is 1. The molecule has 1 aromatic rings. The topological polar surface area (TPSA) is 24.8 Å². The summed E-state index contributed by atoms with van der Waals surface area (Å²) in [5.41, 5.74) is 1.96. The molecule has 2 heterocycles. The Bertz CT molecular complexity index is 600. The van der Waals surface area contributed by atoms with Crippen molar-refractivity contribution in [3.63, 3.8) is 0 Å². The molecule has 0 spiro atoms. The molecule has 1 fully saturated rings. The summed E-state index contributed by atoms with van der Waals surface area (Å²) in [5.74, 6) is 0.111. The van der Waals surface area contributed by atoms with Gasteiger partial charge in [-0.15, -0.1) is 0 Å². The van der Waals surface area contributed by atoms with Crippen LogP contribution in [-0.2, 0) is 0 Å². The van der Waals surface area contributed by atoms with Gasteiger partial charge >= 0.3 is 0 Å². The quantitative estimate of drug-likeness (QED) is 0.772. The maximum atomic E-state index is 13.0. The van der Waals surface area contributed by atoms with Gasteiger partial charge in [-0.2, -0.15) is 0 Å². The Labute approximate surface area is 156 Å². The first-order chi connectivity index (χ1) is 11.1. The molecule has 1 saturated heterocycles. The average molecular weight is 369 g/mol. The Balaban J connectivity index is 0.00000208. The van der Waals surface area contributed by atoms with Crippen molar-refractivity contribution in [1.29, 1.82) is 0 Å². The van der Waals surface area contributed by atoms with Crippen molar-refractivity contribution in [3.05, 3.63) is 46.6 Å². The third-order valence-corrected chi connectivity index (χ3v) is 5.57. The van der Waals surface area contributed by atoms with Crippen LogP contribution in [0.15, 0.2) is 36.0 Å². The molecule has 1 amide bonds. The van der Waals surface area contributed by atoms with Crippen LogP contribution < -0.4 is 17.3 Å². The van der Waals surface area contributed by atoms with Gasteiger partial charge in [-0.25, -0.2) is 0 Å². The molecule has 2 aliphatic rings. The van der Waals surface area contributed by atoms with Gasteiger partial charge in [-0.3, -0.25) is 4.79 Å². The van der Waals surface area contributed by atoms with Gasteiger partial charge in [0.15, 0.2) is 0 Å². The number of likely N-dealkylation sites (N-methyl/N-ethyl adjacent to an activating group) is 1. The summed E-state index contributed by atoms with van der Waals surface area (Å²) in [6.07, 6.45) is 8.02. The second-order valence-electron chi connectivity index (χ2n) is 6.80. The molecule has 2 bridgehead atoms. The van der Waals surface area contributed by atoms with Crippen LogP contribution in [0.5, 0.6) is 0 Å². The number of halogens is 2. The summed E-state index contributed by atoms with van der Waals surface area (Å²) in [5, 5.41) is 0.668. The predicted molar refractivity (Wildman–Crippen MR) is 93.8 cm³/mol. The Kier molecular flexibility index (Phi) is 6.73. The third-order valence-electron chi connectivity index (χ3n) is 5.32. The van der Waals surface area contributed by atoms with E-state index in [1.165, 1.54) is 18.5 Å². The van der Waals surface area contributed by atoms with Gasteiger partial charge in [0.05, 0.1) is 13.1 Å². The lowest BCUT2D eigenvalue weighted by Crippen LogP contribution is -3.14. The van der Waals surface area contributed by atoms with Crippen molar-refractivity contribution >= 4 is 17.5 Å². The molecule has 2 aliphatic heterocycles. The molecule has 0 aliphatic carbocycles. The van der Waals surface area contributed by atoms with Gasteiger partial charge in [0.25, 0.3) is 5.91 Å². The van der Waals surface area contributed by atoms with Gasteiger partial charge in [-0.05, 0) is 36.8 Å². The summed E-state index contributed by atoms with van der Waals surface area (Å²) < 4.78 is 0. The highest BCUT2D eigenvalue weighted by Gasteiger charge is 2.39. The number of fused-ring (bicyclic) bond motifs is 2. The lowest BCUT2D eigenvalue weighted by atomic mass is 10.0. The lowest BCUT2D eigenvalue weighted by Gasteiger charge is -2.33. The van der Waals surface area contributed by atoms with Gasteiger partial charge < -0.3 is 22.2 Å². The summed E-state index contributed by atoms with van der Waals surface area (Å²) >= 11 is 5.95. The number of nitrogens with zero attached hydrogens (tertiary/aromatic N) is 1. The van der Waals surface area contributed by atoms with Crippen molar-refractivity contribution in [2.75, 3.05) is 13.6 Å². The highest BCUT2D eigenvalue weighted by atomic mass is 35.5. The number of hydrogen-bond acceptors (Lipinski definition) is 1.